The van der Waals surface area contributed by atoms with Gasteiger partial charge in [-0.3, -0.25) is 9.36 Å². The molecule has 0 saturated carbocycles. The number of benzene rings is 3. The van der Waals surface area contributed by atoms with Crippen molar-refractivity contribution in [2.45, 2.75) is 19.9 Å². The fourth-order valence-corrected chi connectivity index (χ4v) is 3.85. The molecule has 4 rings (SSSR count). The second kappa shape index (κ2) is 8.26. The van der Waals surface area contributed by atoms with Crippen LogP contribution in [0.15, 0.2) is 65.5 Å². The highest BCUT2D eigenvalue weighted by Gasteiger charge is 2.19. The van der Waals surface area contributed by atoms with Crippen LogP contribution in [0, 0.1) is 12.7 Å². The number of rotatable bonds is 5. The molecule has 162 valence electrons. The molecule has 0 aliphatic heterocycles. The molecule has 0 fully saturated rings. The van der Waals surface area contributed by atoms with E-state index in [2.05, 4.69) is 5.32 Å². The summed E-state index contributed by atoms with van der Waals surface area (Å²) in [7, 11) is 1.64. The molecule has 0 saturated heterocycles. The number of anilines is 1. The van der Waals surface area contributed by atoms with Crippen molar-refractivity contribution in [3.05, 3.63) is 93.5 Å². The Labute approximate surface area is 184 Å². The molecule has 0 bridgehead atoms. The number of aromatic nitrogens is 2. The van der Waals surface area contributed by atoms with Crippen molar-refractivity contribution in [1.29, 1.82) is 0 Å². The number of aromatic carboxylic acids is 1. The highest BCUT2D eigenvalue weighted by atomic mass is 19.1. The molecule has 1 aromatic heterocycles. The minimum absolute atomic E-state index is 0.159. The Morgan fingerprint density at radius 1 is 1.12 bits per heavy atom. The molecule has 0 amide bonds. The zero-order chi connectivity index (χ0) is 23.0. The van der Waals surface area contributed by atoms with Crippen LogP contribution in [0.25, 0.3) is 22.3 Å². The first-order chi connectivity index (χ1) is 15.3. The molecule has 1 atom stereocenters. The van der Waals surface area contributed by atoms with Crippen molar-refractivity contribution in [3.8, 4) is 11.4 Å². The second-order valence-corrected chi connectivity index (χ2v) is 7.77. The fraction of sp³-hybridized carbons (Fsp3) is 0.160. The third-order valence-corrected chi connectivity index (χ3v) is 5.45. The number of halogens is 1. The number of hydrogen-bond acceptors (Lipinski definition) is 4. The summed E-state index contributed by atoms with van der Waals surface area (Å²) < 4.78 is 14.9. The zero-order valence-electron chi connectivity index (χ0n) is 17.9. The molecule has 1 heterocycles. The normalized spacial score (nSPS) is 12.0. The number of para-hydroxylation sites is 1. The average Bonchev–Trinajstić information content (AvgIpc) is 2.77. The molecule has 0 aliphatic rings. The lowest BCUT2D eigenvalue weighted by molar-refractivity contribution is 0.0698. The van der Waals surface area contributed by atoms with Gasteiger partial charge in [-0.1, -0.05) is 18.2 Å². The third-order valence-electron chi connectivity index (χ3n) is 5.45. The Morgan fingerprint density at radius 3 is 2.50 bits per heavy atom. The molecule has 0 unspecified atom stereocenters. The first kappa shape index (κ1) is 21.2. The van der Waals surface area contributed by atoms with Gasteiger partial charge in [0.1, 0.15) is 11.6 Å². The lowest BCUT2D eigenvalue weighted by Crippen LogP contribution is -2.22. The lowest BCUT2D eigenvalue weighted by atomic mass is 10.00. The van der Waals surface area contributed by atoms with Gasteiger partial charge in [-0.05, 0) is 61.9 Å². The van der Waals surface area contributed by atoms with Gasteiger partial charge in [0, 0.05) is 23.9 Å². The predicted octanol–water partition coefficient (Wildman–Crippen LogP) is 4.92. The average molecular weight is 431 g/mol. The van der Waals surface area contributed by atoms with Crippen LogP contribution in [0.2, 0.25) is 0 Å². The monoisotopic (exact) mass is 431 g/mol. The van der Waals surface area contributed by atoms with Crippen LogP contribution in [-0.4, -0.2) is 20.6 Å². The van der Waals surface area contributed by atoms with Crippen LogP contribution in [0.5, 0.6) is 0 Å². The Hall–Kier alpha value is -4.00. The molecule has 0 radical (unpaired) electrons. The van der Waals surface area contributed by atoms with E-state index in [1.54, 1.807) is 43.4 Å². The van der Waals surface area contributed by atoms with Crippen molar-refractivity contribution in [2.24, 2.45) is 7.05 Å². The van der Waals surface area contributed by atoms with E-state index in [9.17, 15) is 19.1 Å². The van der Waals surface area contributed by atoms with Gasteiger partial charge in [0.05, 0.1) is 22.5 Å². The molecular formula is C25H22FN3O3. The van der Waals surface area contributed by atoms with E-state index in [1.807, 2.05) is 19.9 Å². The van der Waals surface area contributed by atoms with Crippen LogP contribution in [0.1, 0.15) is 34.5 Å². The predicted molar refractivity (Wildman–Crippen MR) is 123 cm³/mol. The zero-order valence-corrected chi connectivity index (χ0v) is 17.9. The minimum Gasteiger partial charge on any atom is -0.478 e. The molecule has 0 spiro atoms. The largest absolute Gasteiger partial charge is 0.478 e. The number of hydrogen-bond donors (Lipinski definition) is 2. The molecule has 3 aromatic carbocycles. The SMILES string of the molecule is Cc1cc([C@@H](C)Nc2ccccc2C(=O)O)c2nc(-c3ccc(F)cc3)n(C)c(=O)c2c1. The highest BCUT2D eigenvalue weighted by Crippen LogP contribution is 2.29. The van der Waals surface area contributed by atoms with Gasteiger partial charge >= 0.3 is 5.97 Å². The summed E-state index contributed by atoms with van der Waals surface area (Å²) in [5.74, 6) is -0.975. The van der Waals surface area contributed by atoms with E-state index >= 15 is 0 Å². The van der Waals surface area contributed by atoms with Crippen molar-refractivity contribution in [2.75, 3.05) is 5.32 Å². The Bertz CT molecular complexity index is 1390. The summed E-state index contributed by atoms with van der Waals surface area (Å²) in [6.07, 6.45) is 0. The number of carboxylic acids is 1. The van der Waals surface area contributed by atoms with Gasteiger partial charge < -0.3 is 10.4 Å². The van der Waals surface area contributed by atoms with E-state index in [-0.39, 0.29) is 23.0 Å². The van der Waals surface area contributed by atoms with Gasteiger partial charge in [-0.25, -0.2) is 14.2 Å². The maximum atomic E-state index is 13.4. The molecule has 0 aliphatic carbocycles. The van der Waals surface area contributed by atoms with Crippen LogP contribution in [0.3, 0.4) is 0 Å². The van der Waals surface area contributed by atoms with E-state index in [1.165, 1.54) is 22.8 Å². The quantitative estimate of drug-likeness (QED) is 0.469. The summed E-state index contributed by atoms with van der Waals surface area (Å²) in [4.78, 5) is 29.5. The van der Waals surface area contributed by atoms with Gasteiger partial charge in [0.25, 0.3) is 5.56 Å². The summed E-state index contributed by atoms with van der Waals surface area (Å²) in [5.41, 5.74) is 3.22. The molecule has 7 heteroatoms. The maximum Gasteiger partial charge on any atom is 0.337 e. The van der Waals surface area contributed by atoms with Crippen molar-refractivity contribution in [1.82, 2.24) is 9.55 Å². The molecular weight excluding hydrogens is 409 g/mol. The van der Waals surface area contributed by atoms with Crippen LogP contribution < -0.4 is 10.9 Å². The van der Waals surface area contributed by atoms with E-state index < -0.39 is 5.97 Å². The van der Waals surface area contributed by atoms with Crippen LogP contribution in [-0.2, 0) is 7.05 Å². The smallest absolute Gasteiger partial charge is 0.337 e. The van der Waals surface area contributed by atoms with E-state index in [0.29, 0.717) is 28.0 Å². The highest BCUT2D eigenvalue weighted by molar-refractivity contribution is 5.94. The molecule has 2 N–H and O–H groups in total. The second-order valence-electron chi connectivity index (χ2n) is 7.77. The van der Waals surface area contributed by atoms with Crippen molar-refractivity contribution < 1.29 is 14.3 Å². The van der Waals surface area contributed by atoms with Crippen LogP contribution in [0.4, 0.5) is 10.1 Å². The Kier molecular flexibility index (Phi) is 5.48. The molecule has 32 heavy (non-hydrogen) atoms. The fourth-order valence-electron chi connectivity index (χ4n) is 3.85. The van der Waals surface area contributed by atoms with Crippen LogP contribution >= 0.6 is 0 Å². The summed E-state index contributed by atoms with van der Waals surface area (Å²) in [5, 5.41) is 13.2. The standard InChI is InChI=1S/C25H22FN3O3/c1-14-12-19(15(2)27-21-7-5-4-6-18(21)25(31)32)22-20(13-14)24(30)29(3)23(28-22)16-8-10-17(26)11-9-16/h4-13,15,27H,1-3H3,(H,31,32)/t15-/m1/s1. The summed E-state index contributed by atoms with van der Waals surface area (Å²) in [6.45, 7) is 3.79. The number of fused-ring (bicyclic) bond motifs is 1. The Balaban J connectivity index is 1.89. The van der Waals surface area contributed by atoms with E-state index in [0.717, 1.165) is 11.1 Å². The first-order valence-electron chi connectivity index (χ1n) is 10.1. The number of carbonyl (C=O) groups is 1. The van der Waals surface area contributed by atoms with Gasteiger partial charge in [-0.2, -0.15) is 0 Å². The Morgan fingerprint density at radius 2 is 1.81 bits per heavy atom. The number of nitrogens with zero attached hydrogens (tertiary/aromatic N) is 2. The maximum absolute atomic E-state index is 13.4. The number of aryl methyl sites for hydroxylation is 1. The number of carboxylic acid groups (broad SMARTS) is 1. The van der Waals surface area contributed by atoms with Crippen molar-refractivity contribution in [3.63, 3.8) is 0 Å². The molecule has 4 aromatic rings. The molecule has 6 nitrogen and oxygen atoms in total. The minimum atomic E-state index is -1.03. The van der Waals surface area contributed by atoms with E-state index in [4.69, 9.17) is 4.98 Å². The van der Waals surface area contributed by atoms with Gasteiger partial charge in [0.15, 0.2) is 0 Å². The topological polar surface area (TPSA) is 84.2 Å². The van der Waals surface area contributed by atoms with Crippen molar-refractivity contribution >= 4 is 22.6 Å². The third kappa shape index (κ3) is 3.85. The number of nitrogens with one attached hydrogen (secondary N) is 1. The van der Waals surface area contributed by atoms with Gasteiger partial charge in [-0.15, -0.1) is 0 Å². The summed E-state index contributed by atoms with van der Waals surface area (Å²) >= 11 is 0. The first-order valence-corrected chi connectivity index (χ1v) is 10.1. The summed E-state index contributed by atoms with van der Waals surface area (Å²) in [6, 6.07) is 15.9. The van der Waals surface area contributed by atoms with Gasteiger partial charge in [0.2, 0.25) is 0 Å². The lowest BCUT2D eigenvalue weighted by Gasteiger charge is -2.20.